The quantitative estimate of drug-likeness (QED) is 0.789. The van der Waals surface area contributed by atoms with Crippen LogP contribution in [0.4, 0.5) is 0 Å². The molecule has 1 unspecified atom stereocenters. The minimum Gasteiger partial charge on any atom is -0.483 e. The molecular weight excluding hydrogens is 287 g/mol. The van der Waals surface area contributed by atoms with E-state index in [4.69, 9.17) is 32.7 Å². The number of carbonyl (C=O) groups excluding carboxylic acids is 1. The molecule has 0 saturated carbocycles. The molecule has 19 heavy (non-hydrogen) atoms. The number of halogens is 2. The Morgan fingerprint density at radius 3 is 2.58 bits per heavy atom. The summed E-state index contributed by atoms with van der Waals surface area (Å²) in [5.41, 5.74) is 0.755. The van der Waals surface area contributed by atoms with Gasteiger partial charge in [-0.05, 0) is 43.2 Å². The van der Waals surface area contributed by atoms with Gasteiger partial charge in [0.15, 0.2) is 0 Å². The summed E-state index contributed by atoms with van der Waals surface area (Å²) >= 11 is 11.9. The monoisotopic (exact) mass is 300 g/mol. The van der Waals surface area contributed by atoms with Crippen LogP contribution in [0.15, 0.2) is 24.5 Å². The minimum absolute atomic E-state index is 0.329. The van der Waals surface area contributed by atoms with Gasteiger partial charge in [-0.2, -0.15) is 0 Å². The summed E-state index contributed by atoms with van der Waals surface area (Å²) in [6.07, 6.45) is 2.00. The first-order chi connectivity index (χ1) is 8.94. The van der Waals surface area contributed by atoms with E-state index in [1.54, 1.807) is 38.3 Å². The van der Waals surface area contributed by atoms with Crippen LogP contribution in [0.5, 0.6) is 0 Å². The Bertz CT molecular complexity index is 519. The lowest BCUT2D eigenvalue weighted by Gasteiger charge is -2.21. The third-order valence-electron chi connectivity index (χ3n) is 2.93. The van der Waals surface area contributed by atoms with Crippen LogP contribution in [0.25, 0.3) is 5.57 Å². The molecule has 2 rings (SSSR count). The SMILES string of the molecule is CCOC(=O)C1(C)CC(c2cc(Cl)cc(Cl)c2)=CO1. The molecule has 1 aromatic carbocycles. The van der Waals surface area contributed by atoms with E-state index in [0.717, 1.165) is 11.1 Å². The molecule has 0 N–H and O–H groups in total. The Morgan fingerprint density at radius 1 is 1.37 bits per heavy atom. The van der Waals surface area contributed by atoms with E-state index < -0.39 is 5.60 Å². The first-order valence-electron chi connectivity index (χ1n) is 5.95. The molecule has 0 fully saturated rings. The summed E-state index contributed by atoms with van der Waals surface area (Å²) in [5, 5.41) is 1.10. The lowest BCUT2D eigenvalue weighted by atomic mass is 9.95. The van der Waals surface area contributed by atoms with Crippen LogP contribution in [0.1, 0.15) is 25.8 Å². The molecule has 1 heterocycles. The maximum Gasteiger partial charge on any atom is 0.350 e. The molecular formula is C14H14Cl2O3. The first-order valence-corrected chi connectivity index (χ1v) is 6.71. The van der Waals surface area contributed by atoms with Crippen LogP contribution >= 0.6 is 23.2 Å². The van der Waals surface area contributed by atoms with E-state index in [2.05, 4.69) is 0 Å². The van der Waals surface area contributed by atoms with Crippen LogP contribution in [0, 0.1) is 0 Å². The molecule has 0 radical (unpaired) electrons. The molecule has 1 atom stereocenters. The van der Waals surface area contributed by atoms with Crippen LogP contribution < -0.4 is 0 Å². The zero-order chi connectivity index (χ0) is 14.0. The highest BCUT2D eigenvalue weighted by atomic mass is 35.5. The Balaban J connectivity index is 2.19. The first kappa shape index (κ1) is 14.2. The molecule has 3 nitrogen and oxygen atoms in total. The second-order valence-corrected chi connectivity index (χ2v) is 5.42. The third-order valence-corrected chi connectivity index (χ3v) is 3.37. The van der Waals surface area contributed by atoms with Crippen LogP contribution in [0.2, 0.25) is 10.0 Å². The molecule has 0 aromatic heterocycles. The molecule has 0 amide bonds. The van der Waals surface area contributed by atoms with Gasteiger partial charge in [-0.1, -0.05) is 23.2 Å². The summed E-state index contributed by atoms with van der Waals surface area (Å²) < 4.78 is 10.5. The summed E-state index contributed by atoms with van der Waals surface area (Å²) in [5.74, 6) is -0.366. The van der Waals surface area contributed by atoms with Gasteiger partial charge < -0.3 is 9.47 Å². The fraction of sp³-hybridized carbons (Fsp3) is 0.357. The van der Waals surface area contributed by atoms with Gasteiger partial charge in [-0.15, -0.1) is 0 Å². The van der Waals surface area contributed by atoms with Gasteiger partial charge in [0.25, 0.3) is 0 Å². The summed E-state index contributed by atoms with van der Waals surface area (Å²) in [7, 11) is 0. The Hall–Kier alpha value is -1.19. The maximum absolute atomic E-state index is 11.8. The predicted octanol–water partition coefficient (Wildman–Crippen LogP) is 4.08. The molecule has 0 bridgehead atoms. The van der Waals surface area contributed by atoms with Crippen molar-refractivity contribution < 1.29 is 14.3 Å². The van der Waals surface area contributed by atoms with Crippen LogP contribution in [-0.2, 0) is 14.3 Å². The summed E-state index contributed by atoms with van der Waals surface area (Å²) in [6, 6.07) is 5.24. The molecule has 1 aromatic rings. The normalized spacial score (nSPS) is 21.8. The Morgan fingerprint density at radius 2 is 2.00 bits per heavy atom. The summed E-state index contributed by atoms with van der Waals surface area (Å²) in [4.78, 5) is 11.8. The van der Waals surface area contributed by atoms with Gasteiger partial charge in [0, 0.05) is 16.5 Å². The van der Waals surface area contributed by atoms with Crippen molar-refractivity contribution in [3.8, 4) is 0 Å². The maximum atomic E-state index is 11.8. The minimum atomic E-state index is -0.972. The molecule has 0 saturated heterocycles. The smallest absolute Gasteiger partial charge is 0.350 e. The largest absolute Gasteiger partial charge is 0.483 e. The fourth-order valence-electron chi connectivity index (χ4n) is 1.96. The average molecular weight is 301 g/mol. The highest BCUT2D eigenvalue weighted by Gasteiger charge is 2.41. The standard InChI is InChI=1S/C14H14Cl2O3/c1-3-18-13(17)14(2)7-10(8-19-14)9-4-11(15)6-12(16)5-9/h4-6,8H,3,7H2,1-2H3. The number of rotatable bonds is 3. The molecule has 5 heteroatoms. The van der Waals surface area contributed by atoms with E-state index in [0.29, 0.717) is 23.1 Å². The van der Waals surface area contributed by atoms with Gasteiger partial charge in [-0.3, -0.25) is 0 Å². The molecule has 0 aliphatic carbocycles. The van der Waals surface area contributed by atoms with Crippen molar-refractivity contribution in [2.75, 3.05) is 6.61 Å². The van der Waals surface area contributed by atoms with Gasteiger partial charge in [0.2, 0.25) is 5.60 Å². The Labute approximate surface area is 122 Å². The molecule has 102 valence electrons. The molecule has 1 aliphatic heterocycles. The lowest BCUT2D eigenvalue weighted by molar-refractivity contribution is -0.161. The van der Waals surface area contributed by atoms with Crippen molar-refractivity contribution in [3.63, 3.8) is 0 Å². The van der Waals surface area contributed by atoms with Crippen LogP contribution in [0.3, 0.4) is 0 Å². The zero-order valence-electron chi connectivity index (χ0n) is 10.7. The van der Waals surface area contributed by atoms with E-state index in [1.807, 2.05) is 0 Å². The fourth-order valence-corrected chi connectivity index (χ4v) is 2.49. The number of hydrogen-bond donors (Lipinski definition) is 0. The number of ether oxygens (including phenoxy) is 2. The molecule has 1 aliphatic rings. The van der Waals surface area contributed by atoms with Gasteiger partial charge in [0.05, 0.1) is 12.9 Å². The number of benzene rings is 1. The van der Waals surface area contributed by atoms with Crippen molar-refractivity contribution in [2.24, 2.45) is 0 Å². The second-order valence-electron chi connectivity index (χ2n) is 4.55. The average Bonchev–Trinajstić information content (AvgIpc) is 2.72. The van der Waals surface area contributed by atoms with Crippen molar-refractivity contribution in [3.05, 3.63) is 40.1 Å². The van der Waals surface area contributed by atoms with Gasteiger partial charge >= 0.3 is 5.97 Å². The van der Waals surface area contributed by atoms with E-state index in [1.165, 1.54) is 0 Å². The molecule has 0 spiro atoms. The van der Waals surface area contributed by atoms with Crippen molar-refractivity contribution in [1.29, 1.82) is 0 Å². The van der Waals surface area contributed by atoms with E-state index in [-0.39, 0.29) is 5.97 Å². The number of esters is 1. The number of carbonyl (C=O) groups is 1. The van der Waals surface area contributed by atoms with Gasteiger partial charge in [0.1, 0.15) is 0 Å². The van der Waals surface area contributed by atoms with Gasteiger partial charge in [-0.25, -0.2) is 4.79 Å². The number of hydrogen-bond acceptors (Lipinski definition) is 3. The van der Waals surface area contributed by atoms with Crippen molar-refractivity contribution >= 4 is 34.7 Å². The third kappa shape index (κ3) is 3.04. The lowest BCUT2D eigenvalue weighted by Crippen LogP contribution is -2.36. The van der Waals surface area contributed by atoms with Crippen molar-refractivity contribution in [2.45, 2.75) is 25.9 Å². The van der Waals surface area contributed by atoms with Crippen LogP contribution in [-0.4, -0.2) is 18.2 Å². The second kappa shape index (κ2) is 5.43. The highest BCUT2D eigenvalue weighted by molar-refractivity contribution is 6.34. The summed E-state index contributed by atoms with van der Waals surface area (Å²) in [6.45, 7) is 3.80. The zero-order valence-corrected chi connectivity index (χ0v) is 12.2. The highest BCUT2D eigenvalue weighted by Crippen LogP contribution is 2.37. The predicted molar refractivity (Wildman–Crippen MR) is 75.2 cm³/mol. The van der Waals surface area contributed by atoms with E-state index >= 15 is 0 Å². The van der Waals surface area contributed by atoms with Crippen molar-refractivity contribution in [1.82, 2.24) is 0 Å². The topological polar surface area (TPSA) is 35.5 Å². The van der Waals surface area contributed by atoms with E-state index in [9.17, 15) is 4.79 Å². The Kier molecular flexibility index (Phi) is 4.07.